The Kier molecular flexibility index (Phi) is 4.88. The van der Waals surface area contributed by atoms with Crippen LogP contribution in [0.3, 0.4) is 0 Å². The molecule has 1 heterocycles. The SMILES string of the molecule is C=C(c1cc(OC)c(OC)c(OC)c1)c1ccc(OC)cn1. The lowest BCUT2D eigenvalue weighted by molar-refractivity contribution is 0.324. The van der Waals surface area contributed by atoms with Gasteiger partial charge in [0.15, 0.2) is 11.5 Å². The molecule has 0 radical (unpaired) electrons. The molecule has 2 rings (SSSR count). The van der Waals surface area contributed by atoms with Gasteiger partial charge in [-0.3, -0.25) is 4.98 Å². The maximum atomic E-state index is 5.36. The molecule has 2 aromatic rings. The van der Waals surface area contributed by atoms with Crippen molar-refractivity contribution in [1.82, 2.24) is 4.98 Å². The summed E-state index contributed by atoms with van der Waals surface area (Å²) in [6, 6.07) is 7.38. The Balaban J connectivity index is 2.44. The molecule has 0 bridgehead atoms. The van der Waals surface area contributed by atoms with Crippen LogP contribution in [0, 0.1) is 0 Å². The van der Waals surface area contributed by atoms with Gasteiger partial charge < -0.3 is 18.9 Å². The molecular weight excluding hydrogens is 282 g/mol. The third-order valence-electron chi connectivity index (χ3n) is 3.29. The molecule has 5 nitrogen and oxygen atoms in total. The number of rotatable bonds is 6. The zero-order valence-corrected chi connectivity index (χ0v) is 13.2. The van der Waals surface area contributed by atoms with Crippen molar-refractivity contribution in [1.29, 1.82) is 0 Å². The van der Waals surface area contributed by atoms with E-state index in [9.17, 15) is 0 Å². The number of aromatic nitrogens is 1. The summed E-state index contributed by atoms with van der Waals surface area (Å²) in [5, 5.41) is 0. The molecule has 0 saturated heterocycles. The van der Waals surface area contributed by atoms with E-state index < -0.39 is 0 Å². The summed E-state index contributed by atoms with van der Waals surface area (Å²) in [6.45, 7) is 4.10. The van der Waals surface area contributed by atoms with E-state index in [0.717, 1.165) is 16.8 Å². The Morgan fingerprint density at radius 1 is 0.909 bits per heavy atom. The number of hydrogen-bond donors (Lipinski definition) is 0. The van der Waals surface area contributed by atoms with E-state index in [1.807, 2.05) is 24.3 Å². The quantitative estimate of drug-likeness (QED) is 0.820. The first-order valence-electron chi connectivity index (χ1n) is 6.64. The van der Waals surface area contributed by atoms with Crippen LogP contribution < -0.4 is 18.9 Å². The summed E-state index contributed by atoms with van der Waals surface area (Å²) in [5.41, 5.74) is 2.34. The smallest absolute Gasteiger partial charge is 0.203 e. The third-order valence-corrected chi connectivity index (χ3v) is 3.29. The van der Waals surface area contributed by atoms with Gasteiger partial charge in [-0.1, -0.05) is 6.58 Å². The average Bonchev–Trinajstić information content (AvgIpc) is 2.59. The summed E-state index contributed by atoms with van der Waals surface area (Å²) >= 11 is 0. The lowest BCUT2D eigenvalue weighted by atomic mass is 10.0. The number of pyridine rings is 1. The van der Waals surface area contributed by atoms with Gasteiger partial charge in [0.05, 0.1) is 40.3 Å². The predicted octanol–water partition coefficient (Wildman–Crippen LogP) is 3.18. The average molecular weight is 301 g/mol. The van der Waals surface area contributed by atoms with Crippen LogP contribution in [-0.4, -0.2) is 33.4 Å². The van der Waals surface area contributed by atoms with Crippen LogP contribution in [0.5, 0.6) is 23.0 Å². The standard InChI is InChI=1S/C17H19NO4/c1-11(14-7-6-13(19-2)10-18-14)12-8-15(20-3)17(22-5)16(9-12)21-4/h6-10H,1H2,2-5H3. The van der Waals surface area contributed by atoms with Crippen LogP contribution in [0.4, 0.5) is 0 Å². The van der Waals surface area contributed by atoms with Crippen molar-refractivity contribution in [2.24, 2.45) is 0 Å². The fourth-order valence-electron chi connectivity index (χ4n) is 2.08. The highest BCUT2D eigenvalue weighted by Crippen LogP contribution is 2.40. The third kappa shape index (κ3) is 2.98. The summed E-state index contributed by atoms with van der Waals surface area (Å²) in [7, 11) is 6.33. The van der Waals surface area contributed by atoms with Crippen LogP contribution in [0.2, 0.25) is 0 Å². The van der Waals surface area contributed by atoms with Crippen molar-refractivity contribution in [3.8, 4) is 23.0 Å². The number of ether oxygens (including phenoxy) is 4. The molecular formula is C17H19NO4. The lowest BCUT2D eigenvalue weighted by Crippen LogP contribution is -1.98. The van der Waals surface area contributed by atoms with Gasteiger partial charge >= 0.3 is 0 Å². The van der Waals surface area contributed by atoms with Gasteiger partial charge in [-0.05, 0) is 29.8 Å². The first-order valence-corrected chi connectivity index (χ1v) is 6.64. The van der Waals surface area contributed by atoms with Crippen molar-refractivity contribution in [3.63, 3.8) is 0 Å². The summed E-state index contributed by atoms with van der Waals surface area (Å²) in [4.78, 5) is 4.34. The van der Waals surface area contributed by atoms with E-state index in [4.69, 9.17) is 18.9 Å². The number of benzene rings is 1. The molecule has 1 aromatic heterocycles. The molecule has 1 aromatic carbocycles. The maximum absolute atomic E-state index is 5.36. The zero-order chi connectivity index (χ0) is 16.1. The highest BCUT2D eigenvalue weighted by Gasteiger charge is 2.15. The molecule has 0 saturated carbocycles. The molecule has 22 heavy (non-hydrogen) atoms. The predicted molar refractivity (Wildman–Crippen MR) is 85.0 cm³/mol. The second kappa shape index (κ2) is 6.85. The van der Waals surface area contributed by atoms with Crippen molar-refractivity contribution in [3.05, 3.63) is 48.3 Å². The Hall–Kier alpha value is -2.69. The van der Waals surface area contributed by atoms with E-state index >= 15 is 0 Å². The normalized spacial score (nSPS) is 10.0. The molecule has 0 aliphatic carbocycles. The molecule has 0 fully saturated rings. The Morgan fingerprint density at radius 3 is 1.95 bits per heavy atom. The van der Waals surface area contributed by atoms with Crippen molar-refractivity contribution < 1.29 is 18.9 Å². The number of methoxy groups -OCH3 is 4. The maximum Gasteiger partial charge on any atom is 0.203 e. The molecule has 5 heteroatoms. The van der Waals surface area contributed by atoms with Crippen LogP contribution in [0.1, 0.15) is 11.3 Å². The largest absolute Gasteiger partial charge is 0.495 e. The van der Waals surface area contributed by atoms with Crippen LogP contribution >= 0.6 is 0 Å². The van der Waals surface area contributed by atoms with E-state index in [2.05, 4.69) is 11.6 Å². The minimum absolute atomic E-state index is 0.546. The molecule has 0 N–H and O–H groups in total. The first-order chi connectivity index (χ1) is 10.6. The van der Waals surface area contributed by atoms with Gasteiger partial charge in [-0.25, -0.2) is 0 Å². The zero-order valence-electron chi connectivity index (χ0n) is 13.2. The van der Waals surface area contributed by atoms with Gasteiger partial charge in [0.25, 0.3) is 0 Å². The fourth-order valence-corrected chi connectivity index (χ4v) is 2.08. The molecule has 0 aliphatic rings. The second-order valence-corrected chi connectivity index (χ2v) is 4.48. The van der Waals surface area contributed by atoms with Crippen molar-refractivity contribution in [2.45, 2.75) is 0 Å². The van der Waals surface area contributed by atoms with E-state index in [-0.39, 0.29) is 0 Å². The minimum Gasteiger partial charge on any atom is -0.495 e. The monoisotopic (exact) mass is 301 g/mol. The minimum atomic E-state index is 0.546. The van der Waals surface area contributed by atoms with Gasteiger partial charge in [0.2, 0.25) is 5.75 Å². The second-order valence-electron chi connectivity index (χ2n) is 4.48. The molecule has 0 unspecified atom stereocenters. The Labute approximate surface area is 130 Å². The molecule has 0 amide bonds. The molecule has 0 aliphatic heterocycles. The number of nitrogens with zero attached hydrogens (tertiary/aromatic N) is 1. The van der Waals surface area contributed by atoms with Crippen LogP contribution in [0.15, 0.2) is 37.0 Å². The van der Waals surface area contributed by atoms with Crippen LogP contribution in [0.25, 0.3) is 5.57 Å². The van der Waals surface area contributed by atoms with Gasteiger partial charge in [-0.2, -0.15) is 0 Å². The Bertz CT molecular complexity index is 640. The van der Waals surface area contributed by atoms with Crippen molar-refractivity contribution >= 4 is 5.57 Å². The van der Waals surface area contributed by atoms with Crippen molar-refractivity contribution in [2.75, 3.05) is 28.4 Å². The topological polar surface area (TPSA) is 49.8 Å². The Morgan fingerprint density at radius 2 is 1.55 bits per heavy atom. The molecule has 0 atom stereocenters. The first kappa shape index (κ1) is 15.7. The van der Waals surface area contributed by atoms with Crippen LogP contribution in [-0.2, 0) is 0 Å². The summed E-state index contributed by atoms with van der Waals surface area (Å²) in [6.07, 6.45) is 1.65. The summed E-state index contributed by atoms with van der Waals surface area (Å²) in [5.74, 6) is 2.39. The van der Waals surface area contributed by atoms with Gasteiger partial charge in [0.1, 0.15) is 5.75 Å². The lowest BCUT2D eigenvalue weighted by Gasteiger charge is -2.15. The highest BCUT2D eigenvalue weighted by molar-refractivity contribution is 5.79. The van der Waals surface area contributed by atoms with Gasteiger partial charge in [0, 0.05) is 5.57 Å². The highest BCUT2D eigenvalue weighted by atomic mass is 16.5. The fraction of sp³-hybridized carbons (Fsp3) is 0.235. The summed E-state index contributed by atoms with van der Waals surface area (Å²) < 4.78 is 21.1. The number of hydrogen-bond acceptors (Lipinski definition) is 5. The molecule has 0 spiro atoms. The van der Waals surface area contributed by atoms with E-state index in [1.54, 1.807) is 34.6 Å². The molecule has 116 valence electrons. The van der Waals surface area contributed by atoms with Gasteiger partial charge in [-0.15, -0.1) is 0 Å². The van der Waals surface area contributed by atoms with E-state index in [1.165, 1.54) is 0 Å². The van der Waals surface area contributed by atoms with E-state index in [0.29, 0.717) is 23.0 Å².